The van der Waals surface area contributed by atoms with Gasteiger partial charge in [-0.1, -0.05) is 67.6 Å². The molecule has 3 rings (SSSR count). The normalized spacial score (nSPS) is 11.4. The highest BCUT2D eigenvalue weighted by Crippen LogP contribution is 2.18. The first kappa shape index (κ1) is 22.7. The zero-order valence-corrected chi connectivity index (χ0v) is 18.5. The van der Waals surface area contributed by atoms with Crippen LogP contribution in [0.3, 0.4) is 0 Å². The molecule has 0 aliphatic rings. The van der Waals surface area contributed by atoms with Gasteiger partial charge in [-0.3, -0.25) is 4.79 Å². The van der Waals surface area contributed by atoms with E-state index in [1.54, 1.807) is 42.5 Å². The van der Waals surface area contributed by atoms with E-state index in [1.807, 2.05) is 37.3 Å². The number of amides is 1. The molecule has 0 heterocycles. The molecule has 6 heteroatoms. The summed E-state index contributed by atoms with van der Waals surface area (Å²) in [4.78, 5) is 12.7. The second-order valence-corrected chi connectivity index (χ2v) is 9.22. The Balaban J connectivity index is 1.54. The van der Waals surface area contributed by atoms with Gasteiger partial charge in [-0.25, -0.2) is 8.42 Å². The number of sulfonamides is 1. The molecule has 162 valence electrons. The lowest BCUT2D eigenvalue weighted by molar-refractivity contribution is 0.0953. The van der Waals surface area contributed by atoms with Gasteiger partial charge in [0.05, 0.1) is 4.90 Å². The standard InChI is InChI=1S/C25H28N2O3S/c1-2-27(31(29,30)24-13-7-4-8-14-24)20-22-15-17-23(18-16-22)25(28)26-19-9-12-21-10-5-3-6-11-21/h3-8,10-11,13-18H,2,9,12,19-20H2,1H3,(H,26,28). The Hall–Kier alpha value is -2.96. The van der Waals surface area contributed by atoms with Crippen molar-refractivity contribution in [3.8, 4) is 0 Å². The monoisotopic (exact) mass is 436 g/mol. The molecule has 5 nitrogen and oxygen atoms in total. The van der Waals surface area contributed by atoms with E-state index in [-0.39, 0.29) is 17.3 Å². The van der Waals surface area contributed by atoms with Crippen LogP contribution in [0, 0.1) is 0 Å². The zero-order valence-electron chi connectivity index (χ0n) is 17.7. The van der Waals surface area contributed by atoms with Gasteiger partial charge < -0.3 is 5.32 Å². The van der Waals surface area contributed by atoms with Gasteiger partial charge in [-0.2, -0.15) is 4.31 Å². The summed E-state index contributed by atoms with van der Waals surface area (Å²) in [5, 5.41) is 2.94. The third-order valence-electron chi connectivity index (χ3n) is 5.08. The molecule has 0 saturated heterocycles. The largest absolute Gasteiger partial charge is 0.352 e. The average Bonchev–Trinajstić information content (AvgIpc) is 2.81. The molecule has 0 spiro atoms. The van der Waals surface area contributed by atoms with Crippen molar-refractivity contribution in [2.75, 3.05) is 13.1 Å². The average molecular weight is 437 g/mol. The number of benzene rings is 3. The molecule has 0 unspecified atom stereocenters. The van der Waals surface area contributed by atoms with Crippen molar-refractivity contribution in [1.29, 1.82) is 0 Å². The molecule has 0 atom stereocenters. The second kappa shape index (κ2) is 10.9. The number of hydrogen-bond donors (Lipinski definition) is 1. The van der Waals surface area contributed by atoms with Crippen LogP contribution in [0.4, 0.5) is 0 Å². The zero-order chi connectivity index (χ0) is 22.1. The van der Waals surface area contributed by atoms with E-state index >= 15 is 0 Å². The van der Waals surface area contributed by atoms with Crippen molar-refractivity contribution >= 4 is 15.9 Å². The van der Waals surface area contributed by atoms with Crippen LogP contribution >= 0.6 is 0 Å². The molecular weight excluding hydrogens is 408 g/mol. The lowest BCUT2D eigenvalue weighted by Gasteiger charge is -2.20. The molecule has 3 aromatic rings. The SMILES string of the molecule is CCN(Cc1ccc(C(=O)NCCCc2ccccc2)cc1)S(=O)(=O)c1ccccc1. The van der Waals surface area contributed by atoms with Crippen LogP contribution in [0.1, 0.15) is 34.8 Å². The lowest BCUT2D eigenvalue weighted by atomic mass is 10.1. The third kappa shape index (κ3) is 6.26. The van der Waals surface area contributed by atoms with Crippen molar-refractivity contribution in [1.82, 2.24) is 9.62 Å². The van der Waals surface area contributed by atoms with Crippen LogP contribution in [0.25, 0.3) is 0 Å². The molecule has 0 aromatic heterocycles. The van der Waals surface area contributed by atoms with Gasteiger partial charge in [0.25, 0.3) is 5.91 Å². The summed E-state index contributed by atoms with van der Waals surface area (Å²) in [6.45, 7) is 3.04. The fourth-order valence-electron chi connectivity index (χ4n) is 3.31. The van der Waals surface area contributed by atoms with Gasteiger partial charge in [0.15, 0.2) is 0 Å². The number of carbonyl (C=O) groups excluding carboxylic acids is 1. The van der Waals surface area contributed by atoms with Gasteiger partial charge in [0.1, 0.15) is 0 Å². The molecule has 1 N–H and O–H groups in total. The number of aryl methyl sites for hydroxylation is 1. The molecule has 3 aromatic carbocycles. The highest BCUT2D eigenvalue weighted by molar-refractivity contribution is 7.89. The van der Waals surface area contributed by atoms with Gasteiger partial charge in [-0.05, 0) is 48.2 Å². The van der Waals surface area contributed by atoms with Crippen molar-refractivity contribution < 1.29 is 13.2 Å². The minimum atomic E-state index is -3.56. The highest BCUT2D eigenvalue weighted by atomic mass is 32.2. The molecule has 0 aliphatic heterocycles. The number of nitrogens with one attached hydrogen (secondary N) is 1. The number of carbonyl (C=O) groups is 1. The summed E-state index contributed by atoms with van der Waals surface area (Å²) in [6, 6.07) is 25.7. The third-order valence-corrected chi connectivity index (χ3v) is 7.01. The first-order valence-electron chi connectivity index (χ1n) is 10.5. The van der Waals surface area contributed by atoms with Gasteiger partial charge in [-0.15, -0.1) is 0 Å². The molecule has 31 heavy (non-hydrogen) atoms. The summed E-state index contributed by atoms with van der Waals surface area (Å²) in [6.07, 6.45) is 1.79. The number of nitrogens with zero attached hydrogens (tertiary/aromatic N) is 1. The minimum Gasteiger partial charge on any atom is -0.352 e. The van der Waals surface area contributed by atoms with E-state index < -0.39 is 10.0 Å². The van der Waals surface area contributed by atoms with Gasteiger partial charge in [0.2, 0.25) is 10.0 Å². The molecular formula is C25H28N2O3S. The Morgan fingerprint density at radius 2 is 1.45 bits per heavy atom. The van der Waals surface area contributed by atoms with Crippen LogP contribution < -0.4 is 5.32 Å². The van der Waals surface area contributed by atoms with Crippen LogP contribution in [-0.2, 0) is 23.0 Å². The van der Waals surface area contributed by atoms with Crippen LogP contribution in [0.2, 0.25) is 0 Å². The molecule has 1 amide bonds. The Bertz CT molecular complexity index is 1070. The Kier molecular flexibility index (Phi) is 7.98. The van der Waals surface area contributed by atoms with E-state index in [0.717, 1.165) is 18.4 Å². The maximum Gasteiger partial charge on any atom is 0.251 e. The molecule has 0 radical (unpaired) electrons. The predicted molar refractivity (Wildman–Crippen MR) is 123 cm³/mol. The maximum atomic E-state index is 12.9. The summed E-state index contributed by atoms with van der Waals surface area (Å²) >= 11 is 0. The Labute approximate surface area is 184 Å². The highest BCUT2D eigenvalue weighted by Gasteiger charge is 2.22. The van der Waals surface area contributed by atoms with Crippen molar-refractivity contribution in [2.45, 2.75) is 31.2 Å². The van der Waals surface area contributed by atoms with E-state index in [2.05, 4.69) is 17.4 Å². The summed E-state index contributed by atoms with van der Waals surface area (Å²) in [5.74, 6) is -0.121. The Morgan fingerprint density at radius 1 is 0.839 bits per heavy atom. The van der Waals surface area contributed by atoms with Gasteiger partial charge >= 0.3 is 0 Å². The molecule has 0 aliphatic carbocycles. The van der Waals surface area contributed by atoms with Gasteiger partial charge in [0, 0.05) is 25.2 Å². The van der Waals surface area contributed by atoms with Crippen molar-refractivity contribution in [2.24, 2.45) is 0 Å². The second-order valence-electron chi connectivity index (χ2n) is 7.29. The quantitative estimate of drug-likeness (QED) is 0.483. The van der Waals surface area contributed by atoms with E-state index in [4.69, 9.17) is 0 Å². The predicted octanol–water partition coefficient (Wildman–Crippen LogP) is 4.26. The van der Waals surface area contributed by atoms with Crippen LogP contribution in [0.5, 0.6) is 0 Å². The van der Waals surface area contributed by atoms with Crippen molar-refractivity contribution in [3.05, 3.63) is 102 Å². The number of rotatable bonds is 10. The van der Waals surface area contributed by atoms with Crippen LogP contribution in [0.15, 0.2) is 89.8 Å². The number of hydrogen-bond acceptors (Lipinski definition) is 3. The molecule has 0 saturated carbocycles. The minimum absolute atomic E-state index is 0.121. The van der Waals surface area contributed by atoms with E-state index in [1.165, 1.54) is 9.87 Å². The van der Waals surface area contributed by atoms with Crippen LogP contribution in [-0.4, -0.2) is 31.7 Å². The first-order valence-corrected chi connectivity index (χ1v) is 11.9. The summed E-state index contributed by atoms with van der Waals surface area (Å²) < 4.78 is 27.1. The fraction of sp³-hybridized carbons (Fsp3) is 0.240. The molecule has 0 fully saturated rings. The topological polar surface area (TPSA) is 66.5 Å². The fourth-order valence-corrected chi connectivity index (χ4v) is 4.77. The van der Waals surface area contributed by atoms with Crippen molar-refractivity contribution in [3.63, 3.8) is 0 Å². The van der Waals surface area contributed by atoms with E-state index in [0.29, 0.717) is 18.7 Å². The Morgan fingerprint density at radius 3 is 2.06 bits per heavy atom. The maximum absolute atomic E-state index is 12.9. The summed E-state index contributed by atoms with van der Waals surface area (Å²) in [5.41, 5.74) is 2.66. The smallest absolute Gasteiger partial charge is 0.251 e. The first-order chi connectivity index (χ1) is 15.0. The summed E-state index contributed by atoms with van der Waals surface area (Å²) in [7, 11) is -3.56. The molecule has 0 bridgehead atoms. The van der Waals surface area contributed by atoms with E-state index in [9.17, 15) is 13.2 Å². The lowest BCUT2D eigenvalue weighted by Crippen LogP contribution is -2.30.